The Morgan fingerprint density at radius 2 is 2.00 bits per heavy atom. The highest BCUT2D eigenvalue weighted by molar-refractivity contribution is 9.10. The molecule has 36 heavy (non-hydrogen) atoms. The highest BCUT2D eigenvalue weighted by Gasteiger charge is 2.24. The number of aromatic nitrogens is 2. The van der Waals surface area contributed by atoms with E-state index in [1.165, 1.54) is 16.6 Å². The van der Waals surface area contributed by atoms with Crippen molar-refractivity contribution < 1.29 is 9.53 Å². The van der Waals surface area contributed by atoms with Gasteiger partial charge in [-0.25, -0.2) is 10.4 Å². The lowest BCUT2D eigenvalue weighted by atomic mass is 10.2. The van der Waals surface area contributed by atoms with Crippen LogP contribution >= 0.6 is 39.0 Å². The minimum absolute atomic E-state index is 0.0672. The van der Waals surface area contributed by atoms with Crippen LogP contribution in [0.4, 0.5) is 0 Å². The number of benzene rings is 2. The highest BCUT2D eigenvalue weighted by atomic mass is 79.9. The molecule has 1 aliphatic rings. The maximum absolute atomic E-state index is 13.7. The Labute approximate surface area is 224 Å². The molecule has 5 rings (SSSR count). The molecule has 1 aliphatic carbocycles. The molecular weight excluding hydrogens is 560 g/mol. The van der Waals surface area contributed by atoms with Crippen molar-refractivity contribution in [3.8, 4) is 11.4 Å². The van der Waals surface area contributed by atoms with E-state index in [0.29, 0.717) is 22.8 Å². The van der Waals surface area contributed by atoms with Gasteiger partial charge in [0.05, 0.1) is 29.6 Å². The van der Waals surface area contributed by atoms with Crippen molar-refractivity contribution in [1.82, 2.24) is 15.0 Å². The lowest BCUT2D eigenvalue weighted by molar-refractivity contribution is -0.118. The van der Waals surface area contributed by atoms with Gasteiger partial charge in [0.2, 0.25) is 0 Å². The Bertz CT molecular complexity index is 1500. The van der Waals surface area contributed by atoms with Crippen LogP contribution in [0.2, 0.25) is 0 Å². The van der Waals surface area contributed by atoms with E-state index < -0.39 is 0 Å². The SMILES string of the molecule is CCOc1ccc(-n2c(SCC(=O)NN=Cc3ccc(Br)cc3)nc3sc4c(c3c2=O)CCC4)cc1. The summed E-state index contributed by atoms with van der Waals surface area (Å²) in [4.78, 5) is 33.1. The van der Waals surface area contributed by atoms with Crippen LogP contribution in [0.3, 0.4) is 0 Å². The van der Waals surface area contributed by atoms with Crippen LogP contribution in [-0.4, -0.2) is 34.0 Å². The van der Waals surface area contributed by atoms with Gasteiger partial charge in [0.1, 0.15) is 10.6 Å². The van der Waals surface area contributed by atoms with Crippen molar-refractivity contribution in [3.63, 3.8) is 0 Å². The number of ether oxygens (including phenoxy) is 1. The summed E-state index contributed by atoms with van der Waals surface area (Å²) in [6.45, 7) is 2.49. The Balaban J connectivity index is 1.41. The second kappa shape index (κ2) is 11.0. The summed E-state index contributed by atoms with van der Waals surface area (Å²) in [5.74, 6) is 0.518. The van der Waals surface area contributed by atoms with E-state index in [-0.39, 0.29) is 17.2 Å². The number of amides is 1. The number of thioether (sulfide) groups is 1. The van der Waals surface area contributed by atoms with Crippen LogP contribution in [-0.2, 0) is 17.6 Å². The van der Waals surface area contributed by atoms with Crippen molar-refractivity contribution in [2.24, 2.45) is 5.10 Å². The van der Waals surface area contributed by atoms with Gasteiger partial charge in [-0.2, -0.15) is 5.10 Å². The van der Waals surface area contributed by atoms with Crippen LogP contribution in [0, 0.1) is 0 Å². The van der Waals surface area contributed by atoms with Gasteiger partial charge in [0.15, 0.2) is 5.16 Å². The summed E-state index contributed by atoms with van der Waals surface area (Å²) < 4.78 is 8.13. The van der Waals surface area contributed by atoms with Crippen LogP contribution < -0.4 is 15.7 Å². The number of carbonyl (C=O) groups is 1. The summed E-state index contributed by atoms with van der Waals surface area (Å²) in [5.41, 5.74) is 5.14. The van der Waals surface area contributed by atoms with Gasteiger partial charge in [-0.15, -0.1) is 11.3 Å². The topological polar surface area (TPSA) is 85.6 Å². The van der Waals surface area contributed by atoms with Crippen LogP contribution in [0.15, 0.2) is 68.1 Å². The molecule has 0 aliphatic heterocycles. The second-order valence-electron chi connectivity index (χ2n) is 8.13. The van der Waals surface area contributed by atoms with E-state index in [1.54, 1.807) is 22.1 Å². The fraction of sp³-hybridized carbons (Fsp3) is 0.231. The molecule has 2 aromatic heterocycles. The number of thiophene rings is 1. The van der Waals surface area contributed by atoms with E-state index >= 15 is 0 Å². The molecule has 0 atom stereocenters. The number of hydrazone groups is 1. The summed E-state index contributed by atoms with van der Waals surface area (Å²) in [7, 11) is 0. The highest BCUT2D eigenvalue weighted by Crippen LogP contribution is 2.36. The van der Waals surface area contributed by atoms with Crippen molar-refractivity contribution in [1.29, 1.82) is 0 Å². The van der Waals surface area contributed by atoms with Crippen molar-refractivity contribution in [2.75, 3.05) is 12.4 Å². The third-order valence-corrected chi connectivity index (χ3v) is 8.37. The normalized spacial score (nSPS) is 12.8. The van der Waals surface area contributed by atoms with E-state index in [2.05, 4.69) is 26.5 Å². The van der Waals surface area contributed by atoms with Crippen LogP contribution in [0.5, 0.6) is 5.75 Å². The van der Waals surface area contributed by atoms with Gasteiger partial charge in [-0.3, -0.25) is 14.2 Å². The maximum atomic E-state index is 13.7. The van der Waals surface area contributed by atoms with Crippen LogP contribution in [0.1, 0.15) is 29.3 Å². The first kappa shape index (κ1) is 24.7. The molecule has 0 spiro atoms. The molecule has 7 nitrogen and oxygen atoms in total. The molecule has 0 saturated carbocycles. The molecule has 4 aromatic rings. The van der Waals surface area contributed by atoms with Gasteiger partial charge in [0.25, 0.3) is 11.5 Å². The molecule has 1 N–H and O–H groups in total. The third-order valence-electron chi connectivity index (χ3n) is 5.72. The number of rotatable bonds is 8. The number of aryl methyl sites for hydroxylation is 2. The molecule has 2 heterocycles. The zero-order valence-corrected chi connectivity index (χ0v) is 22.7. The molecule has 10 heteroatoms. The minimum atomic E-state index is -0.283. The predicted molar refractivity (Wildman–Crippen MR) is 149 cm³/mol. The zero-order valence-electron chi connectivity index (χ0n) is 19.5. The standard InChI is InChI=1S/C26H23BrN4O3S2/c1-2-34-19-12-10-18(11-13-19)31-25(33)23-20-4-3-5-21(20)36-24(23)29-26(31)35-15-22(32)30-28-14-16-6-8-17(27)9-7-16/h6-14H,2-5,15H2,1H3,(H,30,32). The van der Waals surface area contributed by atoms with Crippen molar-refractivity contribution in [3.05, 3.63) is 79.4 Å². The quantitative estimate of drug-likeness (QED) is 0.131. The van der Waals surface area contributed by atoms with Gasteiger partial charge in [-0.1, -0.05) is 39.8 Å². The number of carbonyl (C=O) groups excluding carboxylic acids is 1. The van der Waals surface area contributed by atoms with Crippen molar-refractivity contribution in [2.45, 2.75) is 31.3 Å². The number of halogens is 1. The first-order valence-electron chi connectivity index (χ1n) is 11.5. The lowest BCUT2D eigenvalue weighted by Gasteiger charge is -2.13. The molecule has 0 saturated heterocycles. The minimum Gasteiger partial charge on any atom is -0.494 e. The number of hydrogen-bond donors (Lipinski definition) is 1. The zero-order chi connectivity index (χ0) is 25.1. The Morgan fingerprint density at radius 3 is 2.75 bits per heavy atom. The number of hydrogen-bond acceptors (Lipinski definition) is 7. The second-order valence-corrected chi connectivity index (χ2v) is 11.1. The number of nitrogens with zero attached hydrogens (tertiary/aromatic N) is 3. The molecule has 0 bridgehead atoms. The van der Waals surface area contributed by atoms with Gasteiger partial charge in [0, 0.05) is 9.35 Å². The van der Waals surface area contributed by atoms with Gasteiger partial charge in [-0.05, 0) is 73.7 Å². The molecule has 0 radical (unpaired) electrons. The summed E-state index contributed by atoms with van der Waals surface area (Å²) in [6, 6.07) is 15.0. The fourth-order valence-electron chi connectivity index (χ4n) is 4.10. The average molecular weight is 584 g/mol. The van der Waals surface area contributed by atoms with E-state index in [1.807, 2.05) is 55.5 Å². The smallest absolute Gasteiger partial charge is 0.267 e. The molecule has 1 amide bonds. The maximum Gasteiger partial charge on any atom is 0.267 e. The van der Waals surface area contributed by atoms with Gasteiger partial charge < -0.3 is 4.74 Å². The largest absolute Gasteiger partial charge is 0.494 e. The molecule has 2 aromatic carbocycles. The van der Waals surface area contributed by atoms with Crippen molar-refractivity contribution >= 4 is 61.4 Å². The summed E-state index contributed by atoms with van der Waals surface area (Å²) in [5, 5.41) is 5.22. The van der Waals surface area contributed by atoms with Crippen LogP contribution in [0.25, 0.3) is 15.9 Å². The first-order chi connectivity index (χ1) is 17.5. The predicted octanol–water partition coefficient (Wildman–Crippen LogP) is 5.34. The van der Waals surface area contributed by atoms with E-state index in [9.17, 15) is 9.59 Å². The van der Waals surface area contributed by atoms with E-state index in [4.69, 9.17) is 9.72 Å². The molecular formula is C26H23BrN4O3S2. The Morgan fingerprint density at radius 1 is 1.22 bits per heavy atom. The molecule has 184 valence electrons. The molecule has 0 fully saturated rings. The number of nitrogens with one attached hydrogen (secondary N) is 1. The van der Waals surface area contributed by atoms with Gasteiger partial charge >= 0.3 is 0 Å². The Kier molecular flexibility index (Phi) is 7.54. The monoisotopic (exact) mass is 582 g/mol. The summed E-state index contributed by atoms with van der Waals surface area (Å²) >= 11 is 6.20. The summed E-state index contributed by atoms with van der Waals surface area (Å²) in [6.07, 6.45) is 4.54. The Hall–Kier alpha value is -2.95. The fourth-order valence-corrected chi connectivity index (χ4v) is 6.47. The van der Waals surface area contributed by atoms with E-state index in [0.717, 1.165) is 45.4 Å². The third kappa shape index (κ3) is 5.25. The lowest BCUT2D eigenvalue weighted by Crippen LogP contribution is -2.24. The average Bonchev–Trinajstić information content (AvgIpc) is 3.46. The molecule has 0 unspecified atom stereocenters. The number of fused-ring (bicyclic) bond motifs is 3. The first-order valence-corrected chi connectivity index (χ1v) is 14.1.